The zero-order valence-corrected chi connectivity index (χ0v) is 12.2. The van der Waals surface area contributed by atoms with Crippen molar-refractivity contribution in [2.24, 2.45) is 0 Å². The fourth-order valence-corrected chi connectivity index (χ4v) is 2.28. The van der Waals surface area contributed by atoms with Gasteiger partial charge in [-0.3, -0.25) is 0 Å². The monoisotopic (exact) mass is 336 g/mol. The number of para-hydroxylation sites is 1. The molecule has 19 heavy (non-hydrogen) atoms. The van der Waals surface area contributed by atoms with Crippen LogP contribution in [-0.2, 0) is 6.54 Å². The molecule has 0 fully saturated rings. The third-order valence-electron chi connectivity index (χ3n) is 2.74. The first-order valence-electron chi connectivity index (χ1n) is 5.75. The Kier molecular flexibility index (Phi) is 3.44. The number of nitrogens with zero attached hydrogens (tertiary/aromatic N) is 1. The third-order valence-corrected chi connectivity index (χ3v) is 3.87. The molecule has 96 valence electrons. The van der Waals surface area contributed by atoms with Gasteiger partial charge < -0.3 is 9.73 Å². The lowest BCUT2D eigenvalue weighted by Gasteiger charge is -2.04. The molecule has 0 saturated heterocycles. The predicted molar refractivity (Wildman–Crippen MR) is 80.5 cm³/mol. The predicted octanol–water partition coefficient (Wildman–Crippen LogP) is 4.86. The Hall–Kier alpha value is -1.52. The van der Waals surface area contributed by atoms with Crippen molar-refractivity contribution in [2.75, 3.05) is 5.32 Å². The molecule has 0 atom stereocenters. The van der Waals surface area contributed by atoms with Gasteiger partial charge in [0.05, 0.1) is 22.9 Å². The number of hydrogen-bond acceptors (Lipinski definition) is 3. The molecule has 0 aliphatic rings. The number of halogens is 2. The number of hydrogen-bond donors (Lipinski definition) is 1. The number of aromatic nitrogens is 1. The summed E-state index contributed by atoms with van der Waals surface area (Å²) in [5, 5.41) is 4.80. The van der Waals surface area contributed by atoms with Gasteiger partial charge in [0.1, 0.15) is 16.5 Å². The Bertz CT molecular complexity index is 693. The molecule has 2 heterocycles. The van der Waals surface area contributed by atoms with Crippen molar-refractivity contribution < 1.29 is 4.42 Å². The molecule has 0 bridgehead atoms. The van der Waals surface area contributed by atoms with E-state index >= 15 is 0 Å². The van der Waals surface area contributed by atoms with E-state index in [0.717, 1.165) is 26.9 Å². The van der Waals surface area contributed by atoms with Crippen LogP contribution in [0.3, 0.4) is 0 Å². The third kappa shape index (κ3) is 2.74. The van der Waals surface area contributed by atoms with E-state index < -0.39 is 0 Å². The lowest BCUT2D eigenvalue weighted by atomic mass is 10.2. The fourth-order valence-electron chi connectivity index (χ4n) is 1.83. The number of anilines is 1. The number of pyridine rings is 1. The minimum Gasteiger partial charge on any atom is -0.459 e. The molecule has 3 nitrogen and oxygen atoms in total. The molecule has 1 aromatic carbocycles. The summed E-state index contributed by atoms with van der Waals surface area (Å²) in [4.78, 5) is 4.06. The molecular formula is C14H10BrClN2O. The summed E-state index contributed by atoms with van der Waals surface area (Å²) in [5.41, 5.74) is 1.78. The number of furan rings is 1. The minimum absolute atomic E-state index is 0.453. The maximum atomic E-state index is 5.85. The number of fused-ring (bicyclic) bond motifs is 1. The van der Waals surface area contributed by atoms with Crippen molar-refractivity contribution in [3.8, 4) is 0 Å². The highest BCUT2D eigenvalue weighted by Gasteiger charge is 2.04. The first kappa shape index (κ1) is 12.5. The summed E-state index contributed by atoms with van der Waals surface area (Å²) < 4.78 is 6.49. The van der Waals surface area contributed by atoms with Gasteiger partial charge in [0.2, 0.25) is 0 Å². The van der Waals surface area contributed by atoms with Gasteiger partial charge in [-0.25, -0.2) is 4.98 Å². The highest BCUT2D eigenvalue weighted by molar-refractivity contribution is 9.10. The molecule has 3 rings (SSSR count). The van der Waals surface area contributed by atoms with E-state index in [4.69, 9.17) is 16.0 Å². The van der Waals surface area contributed by atoms with E-state index in [9.17, 15) is 0 Å². The molecule has 0 aliphatic carbocycles. The first-order chi connectivity index (χ1) is 9.22. The van der Waals surface area contributed by atoms with Crippen molar-refractivity contribution in [3.63, 3.8) is 0 Å². The van der Waals surface area contributed by atoms with Crippen LogP contribution in [0, 0.1) is 0 Å². The topological polar surface area (TPSA) is 38.1 Å². The normalized spacial score (nSPS) is 10.8. The Balaban J connectivity index is 1.76. The van der Waals surface area contributed by atoms with Crippen LogP contribution in [0.1, 0.15) is 5.76 Å². The van der Waals surface area contributed by atoms with Gasteiger partial charge in [-0.2, -0.15) is 0 Å². The molecule has 0 aliphatic heterocycles. The van der Waals surface area contributed by atoms with Gasteiger partial charge >= 0.3 is 0 Å². The number of rotatable bonds is 3. The second-order valence-corrected chi connectivity index (χ2v) is 5.31. The Morgan fingerprint density at radius 3 is 2.89 bits per heavy atom. The lowest BCUT2D eigenvalue weighted by Crippen LogP contribution is -1.98. The van der Waals surface area contributed by atoms with Crippen LogP contribution >= 0.6 is 27.5 Å². The summed E-state index contributed by atoms with van der Waals surface area (Å²) in [7, 11) is 0. The second-order valence-electron chi connectivity index (χ2n) is 4.10. The van der Waals surface area contributed by atoms with Crippen LogP contribution in [0.2, 0.25) is 5.15 Å². The van der Waals surface area contributed by atoms with Crippen molar-refractivity contribution in [1.29, 1.82) is 0 Å². The molecule has 0 amide bonds. The summed E-state index contributed by atoms with van der Waals surface area (Å²) in [6.45, 7) is 0.602. The summed E-state index contributed by atoms with van der Waals surface area (Å²) in [6.07, 6.45) is 1.69. The standard InChI is InChI=1S/C14H10BrClN2O/c15-12-6-10(7-18-14(12)16)17-8-11-5-9-3-1-2-4-13(9)19-11/h1-7,17H,8H2. The van der Waals surface area contributed by atoms with E-state index in [-0.39, 0.29) is 0 Å². The van der Waals surface area contributed by atoms with Crippen LogP contribution in [0.25, 0.3) is 11.0 Å². The Morgan fingerprint density at radius 1 is 1.26 bits per heavy atom. The van der Waals surface area contributed by atoms with Gasteiger partial charge in [-0.05, 0) is 34.1 Å². The summed E-state index contributed by atoms with van der Waals surface area (Å²) in [5.74, 6) is 0.882. The molecule has 0 spiro atoms. The SMILES string of the molecule is Clc1ncc(NCc2cc3ccccc3o2)cc1Br. The summed E-state index contributed by atoms with van der Waals surface area (Å²) >= 11 is 9.19. The van der Waals surface area contributed by atoms with Crippen LogP contribution < -0.4 is 5.32 Å². The zero-order chi connectivity index (χ0) is 13.2. The quantitative estimate of drug-likeness (QED) is 0.694. The van der Waals surface area contributed by atoms with Gasteiger partial charge in [0.15, 0.2) is 0 Å². The molecule has 0 unspecified atom stereocenters. The highest BCUT2D eigenvalue weighted by atomic mass is 79.9. The van der Waals surface area contributed by atoms with E-state index in [0.29, 0.717) is 11.7 Å². The molecule has 5 heteroatoms. The lowest BCUT2D eigenvalue weighted by molar-refractivity contribution is 0.559. The minimum atomic E-state index is 0.453. The van der Waals surface area contributed by atoms with E-state index in [1.807, 2.05) is 36.4 Å². The van der Waals surface area contributed by atoms with Crippen molar-refractivity contribution in [2.45, 2.75) is 6.54 Å². The molecule has 1 N–H and O–H groups in total. The van der Waals surface area contributed by atoms with Gasteiger partial charge in [0, 0.05) is 5.39 Å². The van der Waals surface area contributed by atoms with Crippen molar-refractivity contribution in [1.82, 2.24) is 4.98 Å². The van der Waals surface area contributed by atoms with Crippen LogP contribution in [0.4, 0.5) is 5.69 Å². The first-order valence-corrected chi connectivity index (χ1v) is 6.92. The molecular weight excluding hydrogens is 328 g/mol. The van der Waals surface area contributed by atoms with Gasteiger partial charge in [-0.1, -0.05) is 29.8 Å². The molecule has 0 radical (unpaired) electrons. The molecule has 3 aromatic rings. The highest BCUT2D eigenvalue weighted by Crippen LogP contribution is 2.24. The smallest absolute Gasteiger partial charge is 0.143 e. The molecule has 0 saturated carbocycles. The fraction of sp³-hybridized carbons (Fsp3) is 0.0714. The average Bonchev–Trinajstić information content (AvgIpc) is 2.83. The largest absolute Gasteiger partial charge is 0.459 e. The van der Waals surface area contributed by atoms with Crippen LogP contribution in [0.15, 0.2) is 51.5 Å². The van der Waals surface area contributed by atoms with Crippen molar-refractivity contribution in [3.05, 3.63) is 58.0 Å². The zero-order valence-electron chi connectivity index (χ0n) is 9.86. The van der Waals surface area contributed by atoms with Crippen LogP contribution in [0.5, 0.6) is 0 Å². The molecule has 2 aromatic heterocycles. The maximum absolute atomic E-state index is 5.85. The Labute approximate surface area is 123 Å². The Morgan fingerprint density at radius 2 is 2.11 bits per heavy atom. The van der Waals surface area contributed by atoms with Crippen LogP contribution in [-0.4, -0.2) is 4.98 Å². The number of benzene rings is 1. The maximum Gasteiger partial charge on any atom is 0.143 e. The number of nitrogens with one attached hydrogen (secondary N) is 1. The van der Waals surface area contributed by atoms with Gasteiger partial charge in [0.25, 0.3) is 0 Å². The second kappa shape index (κ2) is 5.23. The van der Waals surface area contributed by atoms with E-state index in [2.05, 4.69) is 26.2 Å². The van der Waals surface area contributed by atoms with Crippen molar-refractivity contribution >= 4 is 44.2 Å². The van der Waals surface area contributed by atoms with E-state index in [1.54, 1.807) is 6.20 Å². The summed E-state index contributed by atoms with van der Waals surface area (Å²) in [6, 6.07) is 11.9. The average molecular weight is 338 g/mol. The van der Waals surface area contributed by atoms with Gasteiger partial charge in [-0.15, -0.1) is 0 Å². The van der Waals surface area contributed by atoms with E-state index in [1.165, 1.54) is 0 Å².